The van der Waals surface area contributed by atoms with Gasteiger partial charge in [0.1, 0.15) is 0 Å². The number of carbonyl (C=O) groups excluding carboxylic acids is 3. The summed E-state index contributed by atoms with van der Waals surface area (Å²) >= 11 is 0. The molecule has 0 aromatic carbocycles. The maximum atomic E-state index is 12.4. The van der Waals surface area contributed by atoms with Gasteiger partial charge >= 0.3 is 0 Å². The molecule has 1 aliphatic heterocycles. The van der Waals surface area contributed by atoms with Crippen molar-refractivity contribution in [1.82, 2.24) is 25.7 Å². The van der Waals surface area contributed by atoms with E-state index in [1.807, 2.05) is 6.07 Å². The number of hydrogen-bond donors (Lipinski definition) is 3. The van der Waals surface area contributed by atoms with Crippen LogP contribution in [0, 0.1) is 5.92 Å². The first-order chi connectivity index (χ1) is 13.1. The van der Waals surface area contributed by atoms with Crippen molar-refractivity contribution in [1.29, 1.82) is 0 Å². The fraction of sp³-hybridized carbons (Fsp3) is 0.667. The van der Waals surface area contributed by atoms with Crippen LogP contribution < -0.4 is 10.6 Å². The predicted octanol–water partition coefficient (Wildman–Crippen LogP) is -0.0518. The number of nitrogens with one attached hydrogen (secondary N) is 3. The summed E-state index contributed by atoms with van der Waals surface area (Å²) in [6.07, 6.45) is 4.66. The third kappa shape index (κ3) is 5.06. The fourth-order valence-corrected chi connectivity index (χ4v) is 3.80. The van der Waals surface area contributed by atoms with Gasteiger partial charge in [0.15, 0.2) is 0 Å². The van der Waals surface area contributed by atoms with E-state index in [9.17, 15) is 14.4 Å². The summed E-state index contributed by atoms with van der Waals surface area (Å²) in [7, 11) is 1.60. The molecule has 9 nitrogen and oxygen atoms in total. The van der Waals surface area contributed by atoms with Gasteiger partial charge in [-0.1, -0.05) is 0 Å². The number of hydrogen-bond acceptors (Lipinski definition) is 5. The Bertz CT molecular complexity index is 663. The highest BCUT2D eigenvalue weighted by atomic mass is 16.5. The van der Waals surface area contributed by atoms with Gasteiger partial charge in [0, 0.05) is 32.2 Å². The number of aromatic amines is 1. The van der Waals surface area contributed by atoms with Gasteiger partial charge in [0.05, 0.1) is 30.9 Å². The van der Waals surface area contributed by atoms with Crippen LogP contribution in [0.25, 0.3) is 0 Å². The van der Waals surface area contributed by atoms with Crippen molar-refractivity contribution in [3.05, 3.63) is 18.0 Å². The largest absolute Gasteiger partial charge is 0.379 e. The zero-order chi connectivity index (χ0) is 19.2. The number of nitrogens with zero attached hydrogens (tertiary/aromatic N) is 2. The minimum atomic E-state index is -0.222. The van der Waals surface area contributed by atoms with Crippen LogP contribution in [-0.2, 0) is 25.7 Å². The number of ether oxygens (including phenoxy) is 1. The van der Waals surface area contributed by atoms with Crippen LogP contribution in [0.4, 0.5) is 0 Å². The molecule has 148 valence electrons. The minimum Gasteiger partial charge on any atom is -0.379 e. The standard InChI is InChI=1S/C18H27N5O4/c1-27-15-9-12(18(26)19-10-13-6-7-20-22-13)4-5-14(15)21-16(24)11-23-8-2-3-17(23)25/h6-7,12,14-15H,2-5,8-11H2,1H3,(H,19,26)(H,20,22)(H,21,24)/t12-,14+,15+/m0/s1. The molecule has 1 aliphatic carbocycles. The van der Waals surface area contributed by atoms with E-state index in [1.165, 1.54) is 0 Å². The number of rotatable bonds is 7. The zero-order valence-electron chi connectivity index (χ0n) is 15.6. The molecule has 3 rings (SSSR count). The molecular formula is C18H27N5O4. The molecule has 2 fully saturated rings. The summed E-state index contributed by atoms with van der Waals surface area (Å²) in [5.74, 6) is -0.296. The summed E-state index contributed by atoms with van der Waals surface area (Å²) in [5, 5.41) is 12.6. The van der Waals surface area contributed by atoms with E-state index < -0.39 is 0 Å². The molecule has 0 spiro atoms. The van der Waals surface area contributed by atoms with Crippen molar-refractivity contribution in [2.75, 3.05) is 20.2 Å². The van der Waals surface area contributed by atoms with Crippen molar-refractivity contribution in [3.63, 3.8) is 0 Å². The van der Waals surface area contributed by atoms with Crippen LogP contribution >= 0.6 is 0 Å². The summed E-state index contributed by atoms with van der Waals surface area (Å²) in [4.78, 5) is 37.9. The van der Waals surface area contributed by atoms with Crippen molar-refractivity contribution >= 4 is 17.7 Å². The Labute approximate surface area is 158 Å². The third-order valence-corrected chi connectivity index (χ3v) is 5.33. The van der Waals surface area contributed by atoms with Crippen LogP contribution in [0.3, 0.4) is 0 Å². The van der Waals surface area contributed by atoms with Crippen molar-refractivity contribution in [2.45, 2.75) is 50.8 Å². The third-order valence-electron chi connectivity index (χ3n) is 5.33. The second-order valence-electron chi connectivity index (χ2n) is 7.18. The Morgan fingerprint density at radius 1 is 1.41 bits per heavy atom. The highest BCUT2D eigenvalue weighted by Gasteiger charge is 2.35. The lowest BCUT2D eigenvalue weighted by Gasteiger charge is -2.35. The van der Waals surface area contributed by atoms with Gasteiger partial charge in [-0.05, 0) is 31.7 Å². The van der Waals surface area contributed by atoms with E-state index in [2.05, 4.69) is 20.8 Å². The molecule has 0 unspecified atom stereocenters. The first-order valence-corrected chi connectivity index (χ1v) is 9.42. The van der Waals surface area contributed by atoms with Crippen molar-refractivity contribution < 1.29 is 19.1 Å². The monoisotopic (exact) mass is 377 g/mol. The summed E-state index contributed by atoms with van der Waals surface area (Å²) in [5.41, 5.74) is 0.851. The first-order valence-electron chi connectivity index (χ1n) is 9.42. The maximum absolute atomic E-state index is 12.4. The lowest BCUT2D eigenvalue weighted by atomic mass is 9.83. The van der Waals surface area contributed by atoms with E-state index in [4.69, 9.17) is 4.74 Å². The summed E-state index contributed by atoms with van der Waals surface area (Å²) in [6.45, 7) is 1.15. The second-order valence-corrected chi connectivity index (χ2v) is 7.18. The molecule has 0 radical (unpaired) electrons. The Balaban J connectivity index is 1.46. The number of aromatic nitrogens is 2. The Morgan fingerprint density at radius 3 is 2.93 bits per heavy atom. The van der Waals surface area contributed by atoms with Gasteiger partial charge in [-0.2, -0.15) is 5.10 Å². The van der Waals surface area contributed by atoms with Crippen LogP contribution in [-0.4, -0.2) is 65.2 Å². The molecule has 1 aromatic rings. The topological polar surface area (TPSA) is 116 Å². The van der Waals surface area contributed by atoms with Crippen LogP contribution in [0.15, 0.2) is 12.3 Å². The summed E-state index contributed by atoms with van der Waals surface area (Å²) in [6, 6.07) is 1.67. The molecule has 9 heteroatoms. The highest BCUT2D eigenvalue weighted by Crippen LogP contribution is 2.27. The maximum Gasteiger partial charge on any atom is 0.239 e. The molecule has 0 bridgehead atoms. The SMILES string of the molecule is CO[C@@H]1C[C@@H](C(=O)NCc2ccn[nH]2)CC[C@H]1NC(=O)CN1CCCC1=O. The predicted molar refractivity (Wildman–Crippen MR) is 96.3 cm³/mol. The van der Waals surface area contributed by atoms with Gasteiger partial charge in [-0.25, -0.2) is 0 Å². The quantitative estimate of drug-likeness (QED) is 0.616. The average Bonchev–Trinajstić information content (AvgIpc) is 3.32. The molecule has 2 heterocycles. The van der Waals surface area contributed by atoms with Crippen molar-refractivity contribution in [3.8, 4) is 0 Å². The smallest absolute Gasteiger partial charge is 0.239 e. The number of methoxy groups -OCH3 is 1. The van der Waals surface area contributed by atoms with Crippen molar-refractivity contribution in [2.24, 2.45) is 5.92 Å². The Hall–Kier alpha value is -2.42. The fourth-order valence-electron chi connectivity index (χ4n) is 3.80. The molecule has 3 amide bonds. The molecule has 1 saturated heterocycles. The molecule has 3 atom stereocenters. The molecule has 1 aromatic heterocycles. The number of amides is 3. The highest BCUT2D eigenvalue weighted by molar-refractivity contribution is 5.86. The number of carbonyl (C=O) groups is 3. The minimum absolute atomic E-state index is 0.0147. The molecule has 2 aliphatic rings. The van der Waals surface area contributed by atoms with E-state index in [1.54, 1.807) is 18.2 Å². The molecule has 27 heavy (non-hydrogen) atoms. The lowest BCUT2D eigenvalue weighted by Crippen LogP contribution is -2.51. The molecular weight excluding hydrogens is 350 g/mol. The van der Waals surface area contributed by atoms with E-state index >= 15 is 0 Å². The Morgan fingerprint density at radius 2 is 2.26 bits per heavy atom. The van der Waals surface area contributed by atoms with Gasteiger partial charge in [0.2, 0.25) is 17.7 Å². The Kier molecular flexibility index (Phi) is 6.44. The van der Waals surface area contributed by atoms with E-state index in [0.717, 1.165) is 12.1 Å². The summed E-state index contributed by atoms with van der Waals surface area (Å²) < 4.78 is 5.54. The number of likely N-dealkylation sites (tertiary alicyclic amines) is 1. The molecule has 1 saturated carbocycles. The van der Waals surface area contributed by atoms with Crippen LogP contribution in [0.5, 0.6) is 0 Å². The van der Waals surface area contributed by atoms with Crippen LogP contribution in [0.1, 0.15) is 37.8 Å². The van der Waals surface area contributed by atoms with E-state index in [-0.39, 0.29) is 42.3 Å². The lowest BCUT2D eigenvalue weighted by molar-refractivity contribution is -0.134. The average molecular weight is 377 g/mol. The normalized spacial score (nSPS) is 25.4. The first kappa shape index (κ1) is 19.3. The van der Waals surface area contributed by atoms with E-state index in [0.29, 0.717) is 38.8 Å². The number of H-pyrrole nitrogens is 1. The van der Waals surface area contributed by atoms with Gasteiger partial charge < -0.3 is 20.3 Å². The zero-order valence-corrected chi connectivity index (χ0v) is 15.6. The molecule has 3 N–H and O–H groups in total. The van der Waals surface area contributed by atoms with Gasteiger partial charge in [0.25, 0.3) is 0 Å². The van der Waals surface area contributed by atoms with Crippen LogP contribution in [0.2, 0.25) is 0 Å². The second kappa shape index (κ2) is 8.98. The van der Waals surface area contributed by atoms with Gasteiger partial charge in [-0.15, -0.1) is 0 Å². The van der Waals surface area contributed by atoms with Gasteiger partial charge in [-0.3, -0.25) is 19.5 Å².